The summed E-state index contributed by atoms with van der Waals surface area (Å²) >= 11 is 4.86. The van der Waals surface area contributed by atoms with Gasteiger partial charge in [-0.3, -0.25) is 9.69 Å². The predicted octanol–water partition coefficient (Wildman–Crippen LogP) is 5.93. The van der Waals surface area contributed by atoms with Gasteiger partial charge in [0.05, 0.1) is 10.6 Å². The Labute approximate surface area is 195 Å². The summed E-state index contributed by atoms with van der Waals surface area (Å²) in [6.45, 7) is 2.54. The van der Waals surface area contributed by atoms with Crippen molar-refractivity contribution in [2.75, 3.05) is 25.5 Å². The molecule has 0 N–H and O–H groups in total. The monoisotopic (exact) mass is 494 g/mol. The highest BCUT2D eigenvalue weighted by atomic mass is 79.9. The Bertz CT molecular complexity index is 1150. The van der Waals surface area contributed by atoms with E-state index in [-0.39, 0.29) is 5.91 Å². The lowest BCUT2D eigenvalue weighted by atomic mass is 10.2. The van der Waals surface area contributed by atoms with Gasteiger partial charge >= 0.3 is 0 Å². The molecular formula is C24H23BrN4OS. The van der Waals surface area contributed by atoms with Crippen molar-refractivity contribution in [1.82, 2.24) is 9.47 Å². The third-order valence-corrected chi connectivity index (χ3v) is 6.49. The molecule has 0 atom stereocenters. The number of likely N-dealkylation sites (N-methyl/N-ethyl adjacent to an activating group) is 1. The van der Waals surface area contributed by atoms with Crippen molar-refractivity contribution in [3.05, 3.63) is 81.9 Å². The lowest BCUT2D eigenvalue weighted by Crippen LogP contribution is -2.28. The van der Waals surface area contributed by atoms with Gasteiger partial charge in [-0.25, -0.2) is 4.99 Å². The summed E-state index contributed by atoms with van der Waals surface area (Å²) in [7, 11) is 4.05. The number of aliphatic imine (C=N–C) groups is 1. The fourth-order valence-electron chi connectivity index (χ4n) is 3.29. The minimum absolute atomic E-state index is 0.0148. The molecule has 5 nitrogen and oxygen atoms in total. The Kier molecular flexibility index (Phi) is 6.34. The molecule has 1 aromatic heterocycles. The lowest BCUT2D eigenvalue weighted by molar-refractivity contribution is -0.122. The molecule has 1 saturated heterocycles. The topological polar surface area (TPSA) is 40.8 Å². The molecule has 0 aliphatic carbocycles. The first-order valence-electron chi connectivity index (χ1n) is 9.97. The van der Waals surface area contributed by atoms with Gasteiger partial charge in [0.25, 0.3) is 5.91 Å². The molecule has 0 bridgehead atoms. The number of thioether (sulfide) groups is 1. The number of halogens is 1. The molecule has 2 aromatic carbocycles. The number of aromatic nitrogens is 1. The summed E-state index contributed by atoms with van der Waals surface area (Å²) in [5, 5.41) is 0.703. The minimum Gasteiger partial charge on any atom is -0.378 e. The number of carbonyl (C=O) groups is 1. The molecule has 4 rings (SSSR count). The van der Waals surface area contributed by atoms with Crippen molar-refractivity contribution < 1.29 is 4.79 Å². The molecule has 2 heterocycles. The second-order valence-electron chi connectivity index (χ2n) is 7.24. The van der Waals surface area contributed by atoms with Gasteiger partial charge in [0.1, 0.15) is 0 Å². The van der Waals surface area contributed by atoms with Crippen LogP contribution in [-0.2, 0) is 4.79 Å². The third kappa shape index (κ3) is 4.62. The molecule has 1 fully saturated rings. The van der Waals surface area contributed by atoms with Gasteiger partial charge in [0.15, 0.2) is 5.17 Å². The molecule has 0 unspecified atom stereocenters. The highest BCUT2D eigenvalue weighted by molar-refractivity contribution is 9.10. The van der Waals surface area contributed by atoms with Crippen LogP contribution in [-0.4, -0.2) is 41.2 Å². The van der Waals surface area contributed by atoms with Gasteiger partial charge in [-0.1, -0.05) is 15.9 Å². The summed E-state index contributed by atoms with van der Waals surface area (Å²) in [6, 6.07) is 20.1. The maximum atomic E-state index is 13.0. The largest absolute Gasteiger partial charge is 0.378 e. The normalized spacial score (nSPS) is 16.5. The molecule has 158 valence electrons. The zero-order valence-corrected chi connectivity index (χ0v) is 20.0. The Morgan fingerprint density at radius 3 is 2.42 bits per heavy atom. The van der Waals surface area contributed by atoms with Gasteiger partial charge < -0.3 is 9.47 Å². The van der Waals surface area contributed by atoms with Crippen molar-refractivity contribution in [2.45, 2.75) is 6.92 Å². The molecule has 0 spiro atoms. The lowest BCUT2D eigenvalue weighted by Gasteiger charge is -2.14. The van der Waals surface area contributed by atoms with Crippen molar-refractivity contribution in [3.8, 4) is 5.69 Å². The van der Waals surface area contributed by atoms with Crippen molar-refractivity contribution in [2.24, 2.45) is 4.99 Å². The summed E-state index contributed by atoms with van der Waals surface area (Å²) < 4.78 is 3.08. The molecule has 7 heteroatoms. The van der Waals surface area contributed by atoms with E-state index in [1.54, 1.807) is 4.90 Å². The van der Waals surface area contributed by atoms with Crippen LogP contribution in [0.3, 0.4) is 0 Å². The van der Waals surface area contributed by atoms with Crippen LogP contribution in [0.15, 0.2) is 81.2 Å². The van der Waals surface area contributed by atoms with Crippen molar-refractivity contribution in [1.29, 1.82) is 0 Å². The standard InChI is InChI=1S/C24H23BrN4OS/c1-4-28-23(30)22(31-24(28)26-18-9-7-17(25)8-10-18)16-21-6-5-15-29(21)20-13-11-19(12-14-20)27(2)3/h5-16H,4H2,1-3H3/b22-16-,26-24?. The van der Waals surface area contributed by atoms with Crippen LogP contribution >= 0.6 is 27.7 Å². The fourth-order valence-corrected chi connectivity index (χ4v) is 4.60. The third-order valence-electron chi connectivity index (χ3n) is 4.96. The van der Waals surface area contributed by atoms with E-state index in [1.165, 1.54) is 11.8 Å². The van der Waals surface area contributed by atoms with Crippen LogP contribution in [0.25, 0.3) is 11.8 Å². The number of anilines is 1. The van der Waals surface area contributed by atoms with E-state index in [9.17, 15) is 4.79 Å². The van der Waals surface area contributed by atoms with Crippen LogP contribution < -0.4 is 4.90 Å². The Morgan fingerprint density at radius 1 is 1.06 bits per heavy atom. The average molecular weight is 495 g/mol. The van der Waals surface area contributed by atoms with Gasteiger partial charge in [-0.2, -0.15) is 0 Å². The Morgan fingerprint density at radius 2 is 1.77 bits per heavy atom. The first kappa shape index (κ1) is 21.5. The number of hydrogen-bond acceptors (Lipinski definition) is 4. The summed E-state index contributed by atoms with van der Waals surface area (Å²) in [6.07, 6.45) is 3.95. The molecule has 1 aliphatic rings. The van der Waals surface area contributed by atoms with Gasteiger partial charge in [0.2, 0.25) is 0 Å². The summed E-state index contributed by atoms with van der Waals surface area (Å²) in [5.41, 5.74) is 3.97. The number of hydrogen-bond donors (Lipinski definition) is 0. The maximum Gasteiger partial charge on any atom is 0.266 e. The predicted molar refractivity (Wildman–Crippen MR) is 134 cm³/mol. The highest BCUT2D eigenvalue weighted by Gasteiger charge is 2.32. The SMILES string of the molecule is CCN1C(=O)/C(=C/c2cccn2-c2ccc(N(C)C)cc2)SC1=Nc1ccc(Br)cc1. The minimum atomic E-state index is -0.0148. The molecule has 3 aromatic rings. The second-order valence-corrected chi connectivity index (χ2v) is 9.17. The molecule has 1 amide bonds. The first-order valence-corrected chi connectivity index (χ1v) is 11.6. The zero-order valence-electron chi connectivity index (χ0n) is 17.6. The molecule has 0 saturated carbocycles. The van der Waals surface area contributed by atoms with E-state index in [0.717, 1.165) is 27.2 Å². The number of carbonyl (C=O) groups excluding carboxylic acids is 1. The van der Waals surface area contributed by atoms with E-state index >= 15 is 0 Å². The molecule has 1 aliphatic heterocycles. The Hall–Kier alpha value is -2.77. The first-order chi connectivity index (χ1) is 15.0. The van der Waals surface area contributed by atoms with Crippen LogP contribution in [0.1, 0.15) is 12.6 Å². The van der Waals surface area contributed by atoms with E-state index < -0.39 is 0 Å². The van der Waals surface area contributed by atoms with Crippen LogP contribution in [0.4, 0.5) is 11.4 Å². The maximum absolute atomic E-state index is 13.0. The summed E-state index contributed by atoms with van der Waals surface area (Å²) in [5.74, 6) is -0.0148. The molecule has 31 heavy (non-hydrogen) atoms. The van der Waals surface area contributed by atoms with Crippen molar-refractivity contribution in [3.63, 3.8) is 0 Å². The quantitative estimate of drug-likeness (QED) is 0.412. The van der Waals surface area contributed by atoms with Gasteiger partial charge in [-0.05, 0) is 85.4 Å². The Balaban J connectivity index is 1.64. The number of amides is 1. The highest BCUT2D eigenvalue weighted by Crippen LogP contribution is 2.34. The number of amidine groups is 1. The van der Waals surface area contributed by atoms with Crippen LogP contribution in [0, 0.1) is 0 Å². The van der Waals surface area contributed by atoms with Gasteiger partial charge in [-0.15, -0.1) is 0 Å². The van der Waals surface area contributed by atoms with Gasteiger partial charge in [0, 0.05) is 48.4 Å². The zero-order chi connectivity index (χ0) is 22.0. The van der Waals surface area contributed by atoms with E-state index in [0.29, 0.717) is 16.6 Å². The van der Waals surface area contributed by atoms with Crippen LogP contribution in [0.2, 0.25) is 0 Å². The van der Waals surface area contributed by atoms with Crippen molar-refractivity contribution >= 4 is 56.2 Å². The molecule has 0 radical (unpaired) electrons. The summed E-state index contributed by atoms with van der Waals surface area (Å²) in [4.78, 5) is 22.2. The number of rotatable bonds is 5. The number of benzene rings is 2. The van der Waals surface area contributed by atoms with E-state index in [1.807, 2.05) is 69.7 Å². The fraction of sp³-hybridized carbons (Fsp3) is 0.167. The van der Waals surface area contributed by atoms with Crippen LogP contribution in [0.5, 0.6) is 0 Å². The smallest absolute Gasteiger partial charge is 0.266 e. The van der Waals surface area contributed by atoms with E-state index in [2.05, 4.69) is 49.7 Å². The second kappa shape index (κ2) is 9.16. The van der Waals surface area contributed by atoms with E-state index in [4.69, 9.17) is 4.99 Å². The number of nitrogens with zero attached hydrogens (tertiary/aromatic N) is 4. The molecular weight excluding hydrogens is 472 g/mol. The average Bonchev–Trinajstić information content (AvgIpc) is 3.34.